The number of carbonyl (C=O) groups excluding carboxylic acids is 3. The maximum Gasteiger partial charge on any atom is 0.173 e. The molecule has 0 aliphatic heterocycles. The van der Waals surface area contributed by atoms with Gasteiger partial charge in [0.1, 0.15) is 17.3 Å². The van der Waals surface area contributed by atoms with Gasteiger partial charge in [0.05, 0.1) is 23.5 Å². The number of Topliss-reactive ketones (excluding diaryl/α,β-unsaturated/α-hetero) is 3. The van der Waals surface area contributed by atoms with Crippen LogP contribution < -0.4 is 4.90 Å². The summed E-state index contributed by atoms with van der Waals surface area (Å²) in [7, 11) is 3.73. The summed E-state index contributed by atoms with van der Waals surface area (Å²) < 4.78 is 0. The third-order valence-corrected chi connectivity index (χ3v) is 6.69. The fraction of sp³-hybridized carbons (Fsp3) is 0.519. The van der Waals surface area contributed by atoms with Crippen molar-refractivity contribution in [2.24, 2.45) is 17.8 Å². The molecule has 0 radical (unpaired) electrons. The van der Waals surface area contributed by atoms with E-state index in [1.54, 1.807) is 6.07 Å². The van der Waals surface area contributed by atoms with Crippen LogP contribution in [0.5, 0.6) is 5.75 Å². The van der Waals surface area contributed by atoms with Gasteiger partial charge in [-0.3, -0.25) is 14.4 Å². The molecule has 2 aliphatic carbocycles. The normalized spacial score (nSPS) is 20.7. The summed E-state index contributed by atoms with van der Waals surface area (Å²) in [5.41, 5.74) is 2.19. The highest BCUT2D eigenvalue weighted by atomic mass is 16.3. The van der Waals surface area contributed by atoms with Crippen LogP contribution in [-0.2, 0) is 20.8 Å². The van der Waals surface area contributed by atoms with Gasteiger partial charge in [-0.15, -0.1) is 0 Å². The number of rotatable bonds is 7. The van der Waals surface area contributed by atoms with Gasteiger partial charge in [-0.1, -0.05) is 18.8 Å². The fourth-order valence-electron chi connectivity index (χ4n) is 5.23. The molecule has 0 spiro atoms. The molecule has 3 atom stereocenters. The van der Waals surface area contributed by atoms with Crippen LogP contribution in [0.25, 0.3) is 5.76 Å². The van der Waals surface area contributed by atoms with Crippen molar-refractivity contribution in [1.29, 1.82) is 0 Å². The molecule has 1 saturated carbocycles. The number of aliphatic hydroxyl groups is 2. The van der Waals surface area contributed by atoms with E-state index in [0.29, 0.717) is 24.8 Å². The van der Waals surface area contributed by atoms with E-state index in [4.69, 9.17) is 0 Å². The molecule has 0 aromatic heterocycles. The number of anilines is 1. The predicted molar refractivity (Wildman–Crippen MR) is 137 cm³/mol. The van der Waals surface area contributed by atoms with Crippen LogP contribution in [0.4, 0.5) is 5.69 Å². The maximum absolute atomic E-state index is 13.6. The first-order valence-electron chi connectivity index (χ1n) is 11.8. The SMILES string of the molecule is CCCC#Cc1cc(N(C)C)c2c(c1O)C(O)=C1C(=O)C(C(=O)CC(C)=O)C(CCO)CC1C2.O.[HH].[HH]. The third-order valence-electron chi connectivity index (χ3n) is 6.69. The molecule has 1 aromatic carbocycles. The number of aromatic hydroxyl groups is 1. The Labute approximate surface area is 208 Å². The number of phenols is 1. The molecule has 1 aromatic rings. The number of fused-ring (bicyclic) bond motifs is 2. The Bertz CT molecular complexity index is 1120. The minimum Gasteiger partial charge on any atom is -0.507 e. The summed E-state index contributed by atoms with van der Waals surface area (Å²) in [4.78, 5) is 39.9. The number of unbranched alkanes of at least 4 members (excludes halogenated alkanes) is 1. The monoisotopic (exact) mass is 489 g/mol. The van der Waals surface area contributed by atoms with Crippen molar-refractivity contribution in [2.75, 3.05) is 25.6 Å². The van der Waals surface area contributed by atoms with Crippen molar-refractivity contribution in [2.45, 2.75) is 52.4 Å². The molecular weight excluding hydrogens is 450 g/mol. The molecule has 0 saturated heterocycles. The summed E-state index contributed by atoms with van der Waals surface area (Å²) in [6.45, 7) is 3.12. The number of allylic oxidation sites excluding steroid dienone is 1. The van der Waals surface area contributed by atoms with Gasteiger partial charge in [0.15, 0.2) is 11.6 Å². The van der Waals surface area contributed by atoms with Gasteiger partial charge in [0.2, 0.25) is 0 Å². The average Bonchev–Trinajstić information content (AvgIpc) is 2.74. The van der Waals surface area contributed by atoms with E-state index in [-0.39, 0.29) is 62.1 Å². The molecule has 0 bridgehead atoms. The Balaban J connectivity index is 0.00000432. The minimum atomic E-state index is -1.09. The van der Waals surface area contributed by atoms with Crippen molar-refractivity contribution in [3.05, 3.63) is 28.3 Å². The molecule has 2 aliphatic rings. The Morgan fingerprint density at radius 1 is 1.26 bits per heavy atom. The highest BCUT2D eigenvalue weighted by Gasteiger charge is 2.47. The van der Waals surface area contributed by atoms with Crippen molar-refractivity contribution in [3.63, 3.8) is 0 Å². The molecule has 0 heterocycles. The number of hydrogen-bond acceptors (Lipinski definition) is 7. The van der Waals surface area contributed by atoms with E-state index in [1.165, 1.54) is 6.92 Å². The lowest BCUT2D eigenvalue weighted by Gasteiger charge is -2.39. The Hall–Kier alpha value is -3.15. The lowest BCUT2D eigenvalue weighted by Crippen LogP contribution is -2.43. The van der Waals surface area contributed by atoms with E-state index < -0.39 is 23.4 Å². The van der Waals surface area contributed by atoms with E-state index >= 15 is 0 Å². The lowest BCUT2D eigenvalue weighted by molar-refractivity contribution is -0.137. The number of benzene rings is 1. The second-order valence-electron chi connectivity index (χ2n) is 9.45. The van der Waals surface area contributed by atoms with Gasteiger partial charge in [-0.25, -0.2) is 0 Å². The highest BCUT2D eigenvalue weighted by Crippen LogP contribution is 2.50. The van der Waals surface area contributed by atoms with Crippen LogP contribution in [0.2, 0.25) is 0 Å². The first kappa shape index (κ1) is 28.1. The number of phenolic OH excluding ortho intramolecular Hbond substituents is 1. The smallest absolute Gasteiger partial charge is 0.173 e. The maximum atomic E-state index is 13.6. The van der Waals surface area contributed by atoms with E-state index in [1.807, 2.05) is 25.9 Å². The zero-order valence-electron chi connectivity index (χ0n) is 20.8. The predicted octanol–water partition coefficient (Wildman–Crippen LogP) is 2.85. The summed E-state index contributed by atoms with van der Waals surface area (Å²) >= 11 is 0. The van der Waals surface area contributed by atoms with E-state index in [0.717, 1.165) is 17.7 Å². The molecule has 3 rings (SSSR count). The van der Waals surface area contributed by atoms with Gasteiger partial charge in [-0.05, 0) is 56.1 Å². The zero-order chi connectivity index (χ0) is 25.2. The summed E-state index contributed by atoms with van der Waals surface area (Å²) in [6, 6.07) is 1.80. The quantitative estimate of drug-likeness (QED) is 0.394. The van der Waals surface area contributed by atoms with E-state index in [2.05, 4.69) is 11.8 Å². The number of ketones is 3. The van der Waals surface area contributed by atoms with Crippen LogP contribution in [0.3, 0.4) is 0 Å². The Kier molecular flexibility index (Phi) is 9.24. The van der Waals surface area contributed by atoms with Crippen LogP contribution in [0, 0.1) is 29.6 Å². The average molecular weight is 490 g/mol. The highest BCUT2D eigenvalue weighted by molar-refractivity contribution is 6.17. The number of nitrogens with zero attached hydrogens (tertiary/aromatic N) is 1. The first-order chi connectivity index (χ1) is 16.1. The summed E-state index contributed by atoms with van der Waals surface area (Å²) in [5, 5.41) is 31.9. The first-order valence-corrected chi connectivity index (χ1v) is 11.8. The van der Waals surface area contributed by atoms with Crippen molar-refractivity contribution < 1.29 is 38.0 Å². The second-order valence-corrected chi connectivity index (χ2v) is 9.45. The van der Waals surface area contributed by atoms with Gasteiger partial charge in [0.25, 0.3) is 0 Å². The standard InChI is InChI=1S/C27H33NO6.H2O.2H2/c1-5-6-7-8-17-14-20(28(3)4)19-13-18-12-16(9-10-29)22(21(31)11-15(2)30)26(33)23(18)27(34)24(19)25(17)32;;;/h14,16,18,22,29,32,34H,5-6,9-13H2,1-4H3;1H2;2*1H. The number of carbonyl (C=O) groups is 3. The molecule has 35 heavy (non-hydrogen) atoms. The Morgan fingerprint density at radius 3 is 2.51 bits per heavy atom. The number of hydrogen-bond donors (Lipinski definition) is 3. The van der Waals surface area contributed by atoms with Gasteiger partial charge in [-0.2, -0.15) is 0 Å². The minimum absolute atomic E-state index is 0. The Morgan fingerprint density at radius 2 is 1.94 bits per heavy atom. The second kappa shape index (κ2) is 11.5. The van der Waals surface area contributed by atoms with Gasteiger partial charge in [0, 0.05) is 41.2 Å². The fourth-order valence-corrected chi connectivity index (χ4v) is 5.23. The van der Waals surface area contributed by atoms with Crippen molar-refractivity contribution in [3.8, 4) is 17.6 Å². The van der Waals surface area contributed by atoms with Crippen molar-refractivity contribution >= 4 is 28.8 Å². The van der Waals surface area contributed by atoms with Crippen molar-refractivity contribution in [1.82, 2.24) is 0 Å². The van der Waals surface area contributed by atoms with Gasteiger partial charge >= 0.3 is 0 Å². The van der Waals surface area contributed by atoms with Crippen LogP contribution in [0.1, 0.15) is 65.5 Å². The summed E-state index contributed by atoms with van der Waals surface area (Å²) in [5.74, 6) is 2.29. The lowest BCUT2D eigenvalue weighted by atomic mass is 9.63. The molecule has 1 fully saturated rings. The summed E-state index contributed by atoms with van der Waals surface area (Å²) in [6.07, 6.45) is 2.25. The molecular formula is C27H39NO7. The van der Waals surface area contributed by atoms with Crippen LogP contribution in [0.15, 0.2) is 11.6 Å². The molecule has 8 heteroatoms. The molecule has 5 N–H and O–H groups in total. The molecule has 8 nitrogen and oxygen atoms in total. The third kappa shape index (κ3) is 5.42. The van der Waals surface area contributed by atoms with Gasteiger partial charge < -0.3 is 25.7 Å². The van der Waals surface area contributed by atoms with E-state index in [9.17, 15) is 29.7 Å². The zero-order valence-corrected chi connectivity index (χ0v) is 20.8. The molecule has 194 valence electrons. The molecule has 3 unspecified atom stereocenters. The topological polar surface area (TPSA) is 147 Å². The van der Waals surface area contributed by atoms with Crippen LogP contribution in [-0.4, -0.2) is 58.8 Å². The number of aliphatic hydroxyl groups excluding tert-OH is 2. The molecule has 0 amide bonds. The van der Waals surface area contributed by atoms with Crippen LogP contribution >= 0.6 is 0 Å². The largest absolute Gasteiger partial charge is 0.507 e.